The Bertz CT molecular complexity index is 1150. The standard InChI is InChI=1S/C20H19N3O4S2/c1-13-7-9-14(10-8-13)29(26,27)23-17-6-4-3-5-15(17)19(25)22-20-16(11-12-28-20)18(24)21-2/h3-12,23H,1-2H3,(H,21,24)(H,22,25). The van der Waals surface area contributed by atoms with Crippen molar-refractivity contribution in [2.75, 3.05) is 17.1 Å². The fourth-order valence-corrected chi connectivity index (χ4v) is 4.44. The van der Waals surface area contributed by atoms with E-state index in [4.69, 9.17) is 0 Å². The lowest BCUT2D eigenvalue weighted by atomic mass is 10.1. The van der Waals surface area contributed by atoms with Crippen molar-refractivity contribution < 1.29 is 18.0 Å². The summed E-state index contributed by atoms with van der Waals surface area (Å²) in [7, 11) is -2.36. The van der Waals surface area contributed by atoms with Crippen LogP contribution in [0.3, 0.4) is 0 Å². The molecule has 0 saturated heterocycles. The molecule has 29 heavy (non-hydrogen) atoms. The predicted molar refractivity (Wildman–Crippen MR) is 114 cm³/mol. The first-order valence-electron chi connectivity index (χ1n) is 8.61. The minimum absolute atomic E-state index is 0.0958. The van der Waals surface area contributed by atoms with Crippen molar-refractivity contribution in [3.05, 3.63) is 76.7 Å². The van der Waals surface area contributed by atoms with Gasteiger partial charge < -0.3 is 10.6 Å². The average molecular weight is 430 g/mol. The van der Waals surface area contributed by atoms with E-state index in [1.165, 1.54) is 42.6 Å². The van der Waals surface area contributed by atoms with Crippen LogP contribution in [0.15, 0.2) is 64.9 Å². The highest BCUT2D eigenvalue weighted by molar-refractivity contribution is 7.92. The van der Waals surface area contributed by atoms with Gasteiger partial charge in [0.05, 0.1) is 21.7 Å². The van der Waals surface area contributed by atoms with Crippen molar-refractivity contribution >= 4 is 43.9 Å². The zero-order valence-electron chi connectivity index (χ0n) is 15.7. The van der Waals surface area contributed by atoms with E-state index in [0.717, 1.165) is 5.56 Å². The van der Waals surface area contributed by atoms with Crippen molar-refractivity contribution in [1.29, 1.82) is 0 Å². The van der Waals surface area contributed by atoms with Crippen LogP contribution in [-0.2, 0) is 10.0 Å². The van der Waals surface area contributed by atoms with Crippen molar-refractivity contribution in [2.45, 2.75) is 11.8 Å². The van der Waals surface area contributed by atoms with Crippen LogP contribution in [-0.4, -0.2) is 27.3 Å². The predicted octanol–water partition coefficient (Wildman–Crippen LogP) is 3.47. The molecule has 3 aromatic rings. The van der Waals surface area contributed by atoms with Crippen LogP contribution in [0.5, 0.6) is 0 Å². The maximum absolute atomic E-state index is 12.8. The highest BCUT2D eigenvalue weighted by Gasteiger charge is 2.20. The van der Waals surface area contributed by atoms with Gasteiger partial charge in [0.1, 0.15) is 5.00 Å². The molecule has 1 aromatic heterocycles. The SMILES string of the molecule is CNC(=O)c1ccsc1NC(=O)c1ccccc1NS(=O)(=O)c1ccc(C)cc1. The molecule has 0 aliphatic heterocycles. The Kier molecular flexibility index (Phi) is 6.00. The number of rotatable bonds is 6. The monoisotopic (exact) mass is 429 g/mol. The van der Waals surface area contributed by atoms with Gasteiger partial charge in [-0.05, 0) is 42.6 Å². The molecule has 0 aliphatic rings. The van der Waals surface area contributed by atoms with E-state index >= 15 is 0 Å². The van der Waals surface area contributed by atoms with Gasteiger partial charge in [-0.2, -0.15) is 0 Å². The number of hydrogen-bond acceptors (Lipinski definition) is 5. The largest absolute Gasteiger partial charge is 0.355 e. The van der Waals surface area contributed by atoms with Gasteiger partial charge in [-0.3, -0.25) is 14.3 Å². The first-order chi connectivity index (χ1) is 13.8. The van der Waals surface area contributed by atoms with Gasteiger partial charge >= 0.3 is 0 Å². The average Bonchev–Trinajstić information content (AvgIpc) is 3.16. The van der Waals surface area contributed by atoms with Gasteiger partial charge in [0, 0.05) is 7.05 Å². The molecule has 0 bridgehead atoms. The summed E-state index contributed by atoms with van der Waals surface area (Å²) in [5.74, 6) is -0.852. The summed E-state index contributed by atoms with van der Waals surface area (Å²) in [5.41, 5.74) is 1.55. The third-order valence-corrected chi connectivity index (χ3v) is 6.32. The molecule has 0 radical (unpaired) electrons. The second kappa shape index (κ2) is 8.46. The van der Waals surface area contributed by atoms with Crippen LogP contribution >= 0.6 is 11.3 Å². The Morgan fingerprint density at radius 2 is 1.59 bits per heavy atom. The Labute approximate surface area is 172 Å². The molecule has 0 saturated carbocycles. The number of carbonyl (C=O) groups excluding carboxylic acids is 2. The minimum atomic E-state index is -3.87. The maximum atomic E-state index is 12.8. The molecule has 7 nitrogen and oxygen atoms in total. The van der Waals surface area contributed by atoms with Crippen LogP contribution in [0.2, 0.25) is 0 Å². The smallest absolute Gasteiger partial charge is 0.261 e. The molecule has 0 atom stereocenters. The quantitative estimate of drug-likeness (QED) is 0.558. The summed E-state index contributed by atoms with van der Waals surface area (Å²) < 4.78 is 27.9. The number of aryl methyl sites for hydroxylation is 1. The number of amides is 2. The van der Waals surface area contributed by atoms with Crippen LogP contribution in [0.4, 0.5) is 10.7 Å². The molecule has 2 aromatic carbocycles. The third-order valence-electron chi connectivity index (χ3n) is 4.11. The van der Waals surface area contributed by atoms with Crippen molar-refractivity contribution in [1.82, 2.24) is 5.32 Å². The first-order valence-corrected chi connectivity index (χ1v) is 11.0. The van der Waals surface area contributed by atoms with Crippen molar-refractivity contribution in [3.8, 4) is 0 Å². The molecule has 2 amide bonds. The molecule has 0 fully saturated rings. The lowest BCUT2D eigenvalue weighted by Gasteiger charge is -2.13. The number of carbonyl (C=O) groups is 2. The number of hydrogen-bond donors (Lipinski definition) is 3. The molecule has 1 heterocycles. The van der Waals surface area contributed by atoms with Crippen LogP contribution < -0.4 is 15.4 Å². The van der Waals surface area contributed by atoms with Gasteiger partial charge in [-0.25, -0.2) is 8.42 Å². The Morgan fingerprint density at radius 3 is 2.28 bits per heavy atom. The third kappa shape index (κ3) is 4.64. The lowest BCUT2D eigenvalue weighted by Crippen LogP contribution is -2.21. The van der Waals surface area contributed by atoms with Gasteiger partial charge in [0.25, 0.3) is 21.8 Å². The number of anilines is 2. The van der Waals surface area contributed by atoms with Crippen molar-refractivity contribution in [2.24, 2.45) is 0 Å². The summed E-state index contributed by atoms with van der Waals surface area (Å²) in [6.45, 7) is 1.86. The van der Waals surface area contributed by atoms with Gasteiger partial charge in [0.15, 0.2) is 0 Å². The highest BCUT2D eigenvalue weighted by atomic mass is 32.2. The fourth-order valence-electron chi connectivity index (χ4n) is 2.58. The van der Waals surface area contributed by atoms with Crippen molar-refractivity contribution in [3.63, 3.8) is 0 Å². The molecule has 0 spiro atoms. The Balaban J connectivity index is 1.87. The van der Waals surface area contributed by atoms with Gasteiger partial charge in [-0.1, -0.05) is 29.8 Å². The Morgan fingerprint density at radius 1 is 0.897 bits per heavy atom. The number of para-hydroxylation sites is 1. The fraction of sp³-hybridized carbons (Fsp3) is 0.100. The molecule has 150 valence electrons. The van der Waals surface area contributed by atoms with Crippen LogP contribution in [0, 0.1) is 6.92 Å². The summed E-state index contributed by atoms with van der Waals surface area (Å²) in [6, 6.07) is 14.3. The van der Waals surface area contributed by atoms with E-state index in [9.17, 15) is 18.0 Å². The molecular formula is C20H19N3O4S2. The zero-order chi connectivity index (χ0) is 21.0. The number of benzene rings is 2. The lowest BCUT2D eigenvalue weighted by molar-refractivity contribution is 0.0964. The summed E-state index contributed by atoms with van der Waals surface area (Å²) in [6.07, 6.45) is 0. The number of sulfonamides is 1. The van der Waals surface area contributed by atoms with E-state index in [1.807, 2.05) is 6.92 Å². The number of thiophene rings is 1. The van der Waals surface area contributed by atoms with E-state index < -0.39 is 15.9 Å². The molecule has 3 N–H and O–H groups in total. The highest BCUT2D eigenvalue weighted by Crippen LogP contribution is 2.26. The van der Waals surface area contributed by atoms with E-state index in [2.05, 4.69) is 15.4 Å². The van der Waals surface area contributed by atoms with Crippen LogP contribution in [0.25, 0.3) is 0 Å². The second-order valence-electron chi connectivity index (χ2n) is 6.16. The van der Waals surface area contributed by atoms with Gasteiger partial charge in [0.2, 0.25) is 0 Å². The molecule has 0 aliphatic carbocycles. The first kappa shape index (κ1) is 20.6. The van der Waals surface area contributed by atoms with E-state index in [1.54, 1.807) is 35.7 Å². The minimum Gasteiger partial charge on any atom is -0.355 e. The second-order valence-corrected chi connectivity index (χ2v) is 8.76. The summed E-state index contributed by atoms with van der Waals surface area (Å²) >= 11 is 1.20. The molecule has 0 unspecified atom stereocenters. The molecule has 9 heteroatoms. The maximum Gasteiger partial charge on any atom is 0.261 e. The normalized spacial score (nSPS) is 11.0. The molecular weight excluding hydrogens is 410 g/mol. The Hall–Kier alpha value is -3.17. The topological polar surface area (TPSA) is 104 Å². The zero-order valence-corrected chi connectivity index (χ0v) is 17.4. The van der Waals surface area contributed by atoms with Crippen LogP contribution in [0.1, 0.15) is 26.3 Å². The molecule has 3 rings (SSSR count). The van der Waals surface area contributed by atoms with Gasteiger partial charge in [-0.15, -0.1) is 11.3 Å². The van der Waals surface area contributed by atoms with E-state index in [-0.39, 0.29) is 22.1 Å². The van der Waals surface area contributed by atoms with E-state index in [0.29, 0.717) is 10.6 Å². The summed E-state index contributed by atoms with van der Waals surface area (Å²) in [5, 5.41) is 7.26. The number of nitrogens with one attached hydrogen (secondary N) is 3. The summed E-state index contributed by atoms with van der Waals surface area (Å²) in [4.78, 5) is 24.8.